The van der Waals surface area contributed by atoms with E-state index in [-0.39, 0.29) is 20.3 Å². The summed E-state index contributed by atoms with van der Waals surface area (Å²) in [5.41, 5.74) is 2.23. The molecule has 3 heteroatoms. The number of fused-ring (bicyclic) bond motifs is 3. The Hall–Kier alpha value is 0.423. The van der Waals surface area contributed by atoms with Crippen molar-refractivity contribution in [1.29, 1.82) is 0 Å². The van der Waals surface area contributed by atoms with E-state index in [2.05, 4.69) is 77.2 Å². The van der Waals surface area contributed by atoms with Crippen LogP contribution in [0.15, 0.2) is 48.1 Å². The molecule has 0 aromatic carbocycles. The van der Waals surface area contributed by atoms with E-state index in [1.165, 1.54) is 31.3 Å². The van der Waals surface area contributed by atoms with Crippen LogP contribution in [0.2, 0.25) is 0 Å². The fourth-order valence-electron chi connectivity index (χ4n) is 6.52. The molecule has 2 saturated carbocycles. The van der Waals surface area contributed by atoms with Gasteiger partial charge in [0.1, 0.15) is 0 Å². The zero-order valence-corrected chi connectivity index (χ0v) is 24.1. The summed E-state index contributed by atoms with van der Waals surface area (Å²) in [5, 5.41) is 0. The van der Waals surface area contributed by atoms with Gasteiger partial charge in [-0.2, -0.15) is 0 Å². The predicted octanol–water partition coefficient (Wildman–Crippen LogP) is 9.24. The van der Waals surface area contributed by atoms with E-state index in [1.54, 1.807) is 0 Å². The zero-order chi connectivity index (χ0) is 20.5. The molecule has 0 radical (unpaired) electrons. The van der Waals surface area contributed by atoms with Crippen LogP contribution in [0, 0.1) is 61.2 Å². The normalized spacial score (nSPS) is 32.0. The van der Waals surface area contributed by atoms with Crippen LogP contribution < -0.4 is 0 Å². The molecule has 4 aliphatic rings. The Morgan fingerprint density at radius 1 is 0.800 bits per heavy atom. The summed E-state index contributed by atoms with van der Waals surface area (Å²) in [6.45, 7) is 12.2. The van der Waals surface area contributed by atoms with E-state index in [0.717, 1.165) is 17.8 Å². The van der Waals surface area contributed by atoms with Crippen LogP contribution in [0.4, 0.5) is 0 Å². The van der Waals surface area contributed by atoms with Gasteiger partial charge in [-0.05, 0) is 64.8 Å². The van der Waals surface area contributed by atoms with Crippen LogP contribution in [0.25, 0.3) is 0 Å². The Bertz CT molecular complexity index is 659. The number of rotatable bonds is 2. The van der Waals surface area contributed by atoms with E-state index in [9.17, 15) is 0 Å². The zero-order valence-electron chi connectivity index (χ0n) is 20.1. The van der Waals surface area contributed by atoms with Crippen LogP contribution in [0.3, 0.4) is 0 Å². The minimum absolute atomic E-state index is 0. The Kier molecular flexibility index (Phi) is 10.9. The van der Waals surface area contributed by atoms with E-state index in [4.69, 9.17) is 17.0 Å². The summed E-state index contributed by atoms with van der Waals surface area (Å²) >= 11 is -0.826. The van der Waals surface area contributed by atoms with Gasteiger partial charge in [-0.25, -0.2) is 0 Å². The Morgan fingerprint density at radius 3 is 1.83 bits per heavy atom. The molecule has 30 heavy (non-hydrogen) atoms. The first-order valence-corrected chi connectivity index (χ1v) is 17.3. The molecule has 168 valence electrons. The molecule has 5 atom stereocenters. The second-order valence-corrected chi connectivity index (χ2v) is 14.4. The van der Waals surface area contributed by atoms with Crippen molar-refractivity contribution < 1.29 is 20.8 Å². The quantitative estimate of drug-likeness (QED) is 0.313. The van der Waals surface area contributed by atoms with Gasteiger partial charge in [-0.15, -0.1) is 0 Å². The van der Waals surface area contributed by atoms with Gasteiger partial charge >= 0.3 is 37.9 Å². The standard InChI is InChI=1S/C25H36.2CH3.2ClH.Zr/c1-24(2,3)18-14-15-21-22(16-18)19-12-8-9-13-20(19)23(21)25(4,5)17-10-6-7-11-17;;;;;/h8-9,12-17,19-23H,6-7,10-11H2,1-5H3;2*1H3;2*1H;/q;2*-1;;;+4/p-2. The van der Waals surface area contributed by atoms with E-state index in [0.29, 0.717) is 23.2 Å². The maximum absolute atomic E-state index is 4.93. The van der Waals surface area contributed by atoms with Crippen molar-refractivity contribution in [3.8, 4) is 0 Å². The second-order valence-electron chi connectivity index (χ2n) is 10.7. The molecular formula is C27H42Cl2Zr. The molecule has 0 saturated heterocycles. The Balaban J connectivity index is 0.000000851. The summed E-state index contributed by atoms with van der Waals surface area (Å²) in [5.74, 6) is 4.51. The molecule has 0 nitrogen and oxygen atoms in total. The fraction of sp³-hybridized carbons (Fsp3) is 0.630. The summed E-state index contributed by atoms with van der Waals surface area (Å²) in [7, 11) is 9.87. The molecule has 0 aliphatic heterocycles. The average molecular weight is 529 g/mol. The molecule has 0 spiro atoms. The van der Waals surface area contributed by atoms with Gasteiger partial charge in [0.05, 0.1) is 0 Å². The van der Waals surface area contributed by atoms with Crippen LogP contribution in [0.5, 0.6) is 0 Å². The molecule has 0 heterocycles. The summed E-state index contributed by atoms with van der Waals surface area (Å²) < 4.78 is 0. The molecular weight excluding hydrogens is 486 g/mol. The van der Waals surface area contributed by atoms with Crippen molar-refractivity contribution in [2.45, 2.75) is 60.3 Å². The number of hydrogen-bond donors (Lipinski definition) is 0. The second kappa shape index (κ2) is 11.5. The van der Waals surface area contributed by atoms with Gasteiger partial charge < -0.3 is 14.9 Å². The Morgan fingerprint density at radius 2 is 1.30 bits per heavy atom. The first-order chi connectivity index (χ1) is 13.2. The van der Waals surface area contributed by atoms with Crippen LogP contribution in [-0.2, 0) is 20.8 Å². The van der Waals surface area contributed by atoms with Crippen molar-refractivity contribution >= 4 is 17.0 Å². The summed E-state index contributed by atoms with van der Waals surface area (Å²) in [6, 6.07) is 0. The first-order valence-electron chi connectivity index (χ1n) is 10.9. The van der Waals surface area contributed by atoms with Crippen molar-refractivity contribution in [1.82, 2.24) is 0 Å². The van der Waals surface area contributed by atoms with Gasteiger partial charge in [-0.3, -0.25) is 0 Å². The maximum atomic E-state index is 4.93. The van der Waals surface area contributed by atoms with Gasteiger partial charge in [0.15, 0.2) is 0 Å². The van der Waals surface area contributed by atoms with Crippen molar-refractivity contribution in [3.63, 3.8) is 0 Å². The van der Waals surface area contributed by atoms with Gasteiger partial charge in [0.2, 0.25) is 0 Å². The number of hydrogen-bond acceptors (Lipinski definition) is 0. The fourth-order valence-corrected chi connectivity index (χ4v) is 6.52. The van der Waals surface area contributed by atoms with Crippen LogP contribution in [-0.4, -0.2) is 0 Å². The minimum atomic E-state index is -0.826. The molecule has 2 fully saturated rings. The topological polar surface area (TPSA) is 0 Å². The Labute approximate surface area is 206 Å². The third-order valence-electron chi connectivity index (χ3n) is 7.94. The predicted molar refractivity (Wildman–Crippen MR) is 133 cm³/mol. The molecule has 4 rings (SSSR count). The monoisotopic (exact) mass is 526 g/mol. The molecule has 0 amide bonds. The SMILES string of the molecule is CC(C)(C)C1=CC2C3C=CC=CC3C(C(C)(C)C3CCCC3)C2C=C1.[CH3-].[CH3-].[Cl][Zr+2][Cl]. The third kappa shape index (κ3) is 5.67. The molecule has 0 bridgehead atoms. The average Bonchev–Trinajstić information content (AvgIpc) is 3.28. The molecule has 0 N–H and O–H groups in total. The number of halogens is 2. The van der Waals surface area contributed by atoms with Crippen LogP contribution >= 0.6 is 17.0 Å². The van der Waals surface area contributed by atoms with E-state index in [1.807, 2.05) is 0 Å². The van der Waals surface area contributed by atoms with Gasteiger partial charge in [-0.1, -0.05) is 90.0 Å². The summed E-state index contributed by atoms with van der Waals surface area (Å²) in [6.07, 6.45) is 23.2. The molecule has 0 aromatic heterocycles. The molecule has 0 aromatic rings. The van der Waals surface area contributed by atoms with Crippen molar-refractivity contribution in [2.75, 3.05) is 0 Å². The summed E-state index contributed by atoms with van der Waals surface area (Å²) in [4.78, 5) is 0. The van der Waals surface area contributed by atoms with E-state index >= 15 is 0 Å². The third-order valence-corrected chi connectivity index (χ3v) is 7.94. The van der Waals surface area contributed by atoms with Gasteiger partial charge in [0, 0.05) is 0 Å². The van der Waals surface area contributed by atoms with Crippen molar-refractivity contribution in [2.24, 2.45) is 46.3 Å². The van der Waals surface area contributed by atoms with Crippen molar-refractivity contribution in [3.05, 3.63) is 63.0 Å². The molecule has 4 aliphatic carbocycles. The van der Waals surface area contributed by atoms with Gasteiger partial charge in [0.25, 0.3) is 0 Å². The van der Waals surface area contributed by atoms with Crippen LogP contribution in [0.1, 0.15) is 60.3 Å². The van der Waals surface area contributed by atoms with E-state index < -0.39 is 20.8 Å². The number of allylic oxidation sites excluding steroid dienone is 8. The first kappa shape index (κ1) is 28.5. The molecule has 5 unspecified atom stereocenters.